The quantitative estimate of drug-likeness (QED) is 0.626. The number of halogens is 2. The molecule has 1 saturated heterocycles. The monoisotopic (exact) mass is 447 g/mol. The van der Waals surface area contributed by atoms with Crippen LogP contribution in [0.2, 0.25) is 10.0 Å². The summed E-state index contributed by atoms with van der Waals surface area (Å²) in [7, 11) is 0. The molecule has 0 spiro atoms. The van der Waals surface area contributed by atoms with Crippen LogP contribution in [0.1, 0.15) is 37.4 Å². The van der Waals surface area contributed by atoms with Crippen molar-refractivity contribution in [2.24, 2.45) is 0 Å². The molecule has 0 radical (unpaired) electrons. The smallest absolute Gasteiger partial charge is 0.325 e. The lowest BCUT2D eigenvalue weighted by atomic mass is 9.93. The van der Waals surface area contributed by atoms with E-state index in [1.807, 2.05) is 30.3 Å². The Kier molecular flexibility index (Phi) is 6.68. The zero-order valence-electron chi connectivity index (χ0n) is 16.7. The highest BCUT2D eigenvalue weighted by atomic mass is 35.5. The summed E-state index contributed by atoms with van der Waals surface area (Å²) in [6, 6.07) is 13.9. The van der Waals surface area contributed by atoms with Gasteiger partial charge < -0.3 is 10.6 Å². The molecule has 1 fully saturated rings. The van der Waals surface area contributed by atoms with E-state index in [1.165, 1.54) is 0 Å². The maximum atomic E-state index is 12.9. The highest BCUT2D eigenvalue weighted by Gasteiger charge is 2.47. The molecule has 2 N–H and O–H groups in total. The molecule has 0 unspecified atom stereocenters. The minimum atomic E-state index is -1.04. The number of imide groups is 1. The fraction of sp³-hybridized carbons (Fsp3) is 0.318. The lowest BCUT2D eigenvalue weighted by molar-refractivity contribution is -0.134. The Balaban J connectivity index is 1.60. The van der Waals surface area contributed by atoms with Gasteiger partial charge in [0.1, 0.15) is 12.1 Å². The van der Waals surface area contributed by atoms with E-state index < -0.39 is 23.4 Å². The average Bonchev–Trinajstić information content (AvgIpc) is 2.92. The van der Waals surface area contributed by atoms with Crippen LogP contribution in [0.15, 0.2) is 48.5 Å². The van der Waals surface area contributed by atoms with Crippen LogP contribution in [-0.4, -0.2) is 34.8 Å². The molecule has 3 rings (SSSR count). The van der Waals surface area contributed by atoms with Crippen LogP contribution < -0.4 is 10.6 Å². The van der Waals surface area contributed by atoms with Crippen LogP contribution in [0.25, 0.3) is 0 Å². The van der Waals surface area contributed by atoms with Crippen molar-refractivity contribution in [3.8, 4) is 0 Å². The third-order valence-electron chi connectivity index (χ3n) is 5.22. The average molecular weight is 448 g/mol. The first-order chi connectivity index (χ1) is 14.2. The Bertz CT molecular complexity index is 967. The highest BCUT2D eigenvalue weighted by Crippen LogP contribution is 2.26. The van der Waals surface area contributed by atoms with E-state index in [0.717, 1.165) is 16.0 Å². The molecular weight excluding hydrogens is 425 g/mol. The molecule has 158 valence electrons. The van der Waals surface area contributed by atoms with E-state index in [1.54, 1.807) is 32.0 Å². The summed E-state index contributed by atoms with van der Waals surface area (Å²) < 4.78 is 0. The maximum Gasteiger partial charge on any atom is 0.325 e. The van der Waals surface area contributed by atoms with Crippen molar-refractivity contribution in [2.75, 3.05) is 6.54 Å². The molecule has 1 heterocycles. The first-order valence-corrected chi connectivity index (χ1v) is 10.4. The molecule has 6 nitrogen and oxygen atoms in total. The van der Waals surface area contributed by atoms with Crippen molar-refractivity contribution < 1.29 is 14.4 Å². The van der Waals surface area contributed by atoms with Crippen LogP contribution in [0, 0.1) is 0 Å². The van der Waals surface area contributed by atoms with E-state index in [4.69, 9.17) is 23.2 Å². The molecule has 2 atom stereocenters. The zero-order chi connectivity index (χ0) is 21.9. The Labute approximate surface area is 185 Å². The summed E-state index contributed by atoms with van der Waals surface area (Å²) in [4.78, 5) is 38.7. The van der Waals surface area contributed by atoms with Gasteiger partial charge in [0.05, 0.1) is 16.1 Å². The van der Waals surface area contributed by atoms with Gasteiger partial charge in [-0.05, 0) is 49.9 Å². The zero-order valence-corrected chi connectivity index (χ0v) is 18.3. The van der Waals surface area contributed by atoms with Gasteiger partial charge >= 0.3 is 6.03 Å². The first-order valence-electron chi connectivity index (χ1n) is 9.62. The molecule has 1 aliphatic rings. The summed E-state index contributed by atoms with van der Waals surface area (Å²) in [6.07, 6.45) is 1.08. The van der Waals surface area contributed by atoms with E-state index >= 15 is 0 Å². The summed E-state index contributed by atoms with van der Waals surface area (Å²) in [5.41, 5.74) is 0.803. The molecule has 0 aromatic heterocycles. The van der Waals surface area contributed by atoms with Crippen LogP contribution >= 0.6 is 23.2 Å². The third kappa shape index (κ3) is 4.94. The molecule has 0 saturated carbocycles. The largest absolute Gasteiger partial charge is 0.348 e. The topological polar surface area (TPSA) is 78.5 Å². The number of rotatable bonds is 7. The van der Waals surface area contributed by atoms with E-state index in [0.29, 0.717) is 22.9 Å². The summed E-state index contributed by atoms with van der Waals surface area (Å²) in [5.74, 6) is -0.842. The number of hydrogen-bond donors (Lipinski definition) is 2. The molecule has 8 heteroatoms. The number of carbonyl (C=O) groups excluding carboxylic acids is 3. The number of nitrogens with one attached hydrogen (secondary N) is 2. The van der Waals surface area contributed by atoms with Gasteiger partial charge in [0.25, 0.3) is 5.91 Å². The van der Waals surface area contributed by atoms with Crippen molar-refractivity contribution in [3.63, 3.8) is 0 Å². The van der Waals surface area contributed by atoms with Crippen LogP contribution in [0.4, 0.5) is 4.79 Å². The fourth-order valence-electron chi connectivity index (χ4n) is 3.39. The van der Waals surface area contributed by atoms with E-state index in [2.05, 4.69) is 10.6 Å². The molecular formula is C22H23Cl2N3O3. The number of urea groups is 1. The standard InChI is InChI=1S/C22H23Cl2N3O3/c1-14(16-8-9-17(23)18(24)12-16)25-19(28)13-27-20(29)22(2,26-21(27)30)11-10-15-6-4-3-5-7-15/h3-9,12,14H,10-11,13H2,1-2H3,(H,25,28)(H,26,30)/t14-,22+/m0/s1. The number of carbonyl (C=O) groups is 3. The summed E-state index contributed by atoms with van der Waals surface area (Å²) >= 11 is 11.9. The second-order valence-corrected chi connectivity index (χ2v) is 8.42. The van der Waals surface area contributed by atoms with Crippen molar-refractivity contribution in [1.29, 1.82) is 0 Å². The third-order valence-corrected chi connectivity index (χ3v) is 5.96. The van der Waals surface area contributed by atoms with Gasteiger partial charge in [-0.3, -0.25) is 14.5 Å². The van der Waals surface area contributed by atoms with Crippen molar-refractivity contribution in [1.82, 2.24) is 15.5 Å². The van der Waals surface area contributed by atoms with Crippen LogP contribution in [0.3, 0.4) is 0 Å². The lowest BCUT2D eigenvalue weighted by Crippen LogP contribution is -2.45. The van der Waals surface area contributed by atoms with E-state index in [9.17, 15) is 14.4 Å². The number of amides is 4. The van der Waals surface area contributed by atoms with Crippen molar-refractivity contribution in [3.05, 3.63) is 69.7 Å². The second kappa shape index (κ2) is 9.06. The van der Waals surface area contributed by atoms with Gasteiger partial charge in [-0.25, -0.2) is 4.79 Å². The SMILES string of the molecule is C[C@H](NC(=O)CN1C(=O)N[C@](C)(CCc2ccccc2)C1=O)c1ccc(Cl)c(Cl)c1. The second-order valence-electron chi connectivity index (χ2n) is 7.60. The highest BCUT2D eigenvalue weighted by molar-refractivity contribution is 6.42. The Hall–Kier alpha value is -2.57. The molecule has 0 bridgehead atoms. The minimum Gasteiger partial charge on any atom is -0.348 e. The summed E-state index contributed by atoms with van der Waals surface area (Å²) in [5, 5.41) is 6.32. The van der Waals surface area contributed by atoms with Crippen molar-refractivity contribution in [2.45, 2.75) is 38.3 Å². The molecule has 30 heavy (non-hydrogen) atoms. The van der Waals surface area contributed by atoms with Gasteiger partial charge in [0, 0.05) is 0 Å². The predicted molar refractivity (Wildman–Crippen MR) is 116 cm³/mol. The number of aryl methyl sites for hydroxylation is 1. The predicted octanol–water partition coefficient (Wildman–Crippen LogP) is 4.11. The van der Waals surface area contributed by atoms with Crippen LogP contribution in [-0.2, 0) is 16.0 Å². The van der Waals surface area contributed by atoms with E-state index in [-0.39, 0.29) is 12.6 Å². The molecule has 1 aliphatic heterocycles. The Morgan fingerprint density at radius 3 is 2.50 bits per heavy atom. The Morgan fingerprint density at radius 2 is 1.83 bits per heavy atom. The molecule has 4 amide bonds. The minimum absolute atomic E-state index is 0.350. The first kappa shape index (κ1) is 22.1. The maximum absolute atomic E-state index is 12.9. The fourth-order valence-corrected chi connectivity index (χ4v) is 3.70. The van der Waals surface area contributed by atoms with Gasteiger partial charge in [-0.1, -0.05) is 59.6 Å². The Morgan fingerprint density at radius 1 is 1.13 bits per heavy atom. The molecule has 0 aliphatic carbocycles. The van der Waals surface area contributed by atoms with Crippen LogP contribution in [0.5, 0.6) is 0 Å². The van der Waals surface area contributed by atoms with Gasteiger partial charge in [0.15, 0.2) is 0 Å². The summed E-state index contributed by atoms with van der Waals surface area (Å²) in [6.45, 7) is 3.12. The van der Waals surface area contributed by atoms with Gasteiger partial charge in [0.2, 0.25) is 5.91 Å². The normalized spacial score (nSPS) is 19.5. The lowest BCUT2D eigenvalue weighted by Gasteiger charge is -2.22. The van der Waals surface area contributed by atoms with Crippen molar-refractivity contribution >= 4 is 41.0 Å². The van der Waals surface area contributed by atoms with Gasteiger partial charge in [-0.2, -0.15) is 0 Å². The molecule has 2 aromatic carbocycles. The number of hydrogen-bond acceptors (Lipinski definition) is 3. The van der Waals surface area contributed by atoms with Gasteiger partial charge in [-0.15, -0.1) is 0 Å². The number of nitrogens with zero attached hydrogens (tertiary/aromatic N) is 1. The number of benzene rings is 2. The molecule has 2 aromatic rings.